The zero-order valence-electron chi connectivity index (χ0n) is 11.1. The summed E-state index contributed by atoms with van der Waals surface area (Å²) in [4.78, 5) is 11.2. The summed E-state index contributed by atoms with van der Waals surface area (Å²) in [6.45, 7) is 1.96. The Morgan fingerprint density at radius 3 is 2.53 bits per heavy atom. The maximum absolute atomic E-state index is 11.2. The number of aryl methyl sites for hydroxylation is 1. The molecule has 1 heterocycles. The molecule has 0 spiro atoms. The van der Waals surface area contributed by atoms with Crippen LogP contribution in [0.3, 0.4) is 0 Å². The Kier molecular flexibility index (Phi) is 3.66. The van der Waals surface area contributed by atoms with E-state index < -0.39 is 5.97 Å². The van der Waals surface area contributed by atoms with Gasteiger partial charge in [0.2, 0.25) is 0 Å². The van der Waals surface area contributed by atoms with Gasteiger partial charge in [-0.1, -0.05) is 24.3 Å². The lowest BCUT2D eigenvalue weighted by Crippen LogP contribution is -2.06. The third kappa shape index (κ3) is 2.51. The Hall–Kier alpha value is -2.14. The third-order valence-electron chi connectivity index (χ3n) is 3.19. The average molecular weight is 260 g/mol. The van der Waals surface area contributed by atoms with Crippen molar-refractivity contribution >= 4 is 5.97 Å². The highest BCUT2D eigenvalue weighted by Crippen LogP contribution is 2.25. The van der Waals surface area contributed by atoms with Gasteiger partial charge in [-0.15, -0.1) is 0 Å². The number of carboxylic acid groups (broad SMARTS) is 1. The molecule has 2 rings (SSSR count). The molecule has 0 fully saturated rings. The summed E-state index contributed by atoms with van der Waals surface area (Å²) in [5, 5.41) is 13.2. The van der Waals surface area contributed by atoms with E-state index >= 15 is 0 Å². The number of methoxy groups -OCH3 is 1. The van der Waals surface area contributed by atoms with E-state index in [0.29, 0.717) is 5.56 Å². The third-order valence-corrected chi connectivity index (χ3v) is 3.19. The van der Waals surface area contributed by atoms with Gasteiger partial charge < -0.3 is 9.84 Å². The van der Waals surface area contributed by atoms with Crippen LogP contribution in [0.15, 0.2) is 30.5 Å². The molecular formula is C14H16N2O3. The molecule has 0 bridgehead atoms. The molecular weight excluding hydrogens is 244 g/mol. The number of carbonyl (C=O) groups is 1. The van der Waals surface area contributed by atoms with Crippen LogP contribution in [0.1, 0.15) is 29.1 Å². The molecule has 0 amide bonds. The maximum Gasteiger partial charge on any atom is 0.354 e. The maximum atomic E-state index is 11.2. The van der Waals surface area contributed by atoms with Crippen molar-refractivity contribution in [1.82, 2.24) is 9.78 Å². The molecule has 1 N–H and O–H groups in total. The monoisotopic (exact) mass is 260 g/mol. The molecule has 100 valence electrons. The molecule has 2 aromatic rings. The van der Waals surface area contributed by atoms with E-state index in [1.54, 1.807) is 20.4 Å². The van der Waals surface area contributed by atoms with Crippen LogP contribution in [-0.4, -0.2) is 28.0 Å². The van der Waals surface area contributed by atoms with Gasteiger partial charge in [0.25, 0.3) is 0 Å². The van der Waals surface area contributed by atoms with E-state index in [-0.39, 0.29) is 11.8 Å². The number of aromatic nitrogens is 2. The first-order valence-corrected chi connectivity index (χ1v) is 5.93. The number of ether oxygens (including phenoxy) is 1. The Morgan fingerprint density at radius 1 is 1.37 bits per heavy atom. The van der Waals surface area contributed by atoms with Crippen LogP contribution >= 0.6 is 0 Å². The fraction of sp³-hybridized carbons (Fsp3) is 0.286. The van der Waals surface area contributed by atoms with Crippen molar-refractivity contribution in [2.75, 3.05) is 7.11 Å². The van der Waals surface area contributed by atoms with Gasteiger partial charge in [-0.05, 0) is 18.1 Å². The van der Waals surface area contributed by atoms with Crippen molar-refractivity contribution in [3.05, 3.63) is 41.7 Å². The lowest BCUT2D eigenvalue weighted by Gasteiger charge is -2.10. The number of benzene rings is 1. The smallest absolute Gasteiger partial charge is 0.354 e. The molecule has 5 nitrogen and oxygen atoms in total. The molecule has 0 radical (unpaired) electrons. The predicted molar refractivity (Wildman–Crippen MR) is 71.0 cm³/mol. The Morgan fingerprint density at radius 2 is 2.00 bits per heavy atom. The summed E-state index contributed by atoms with van der Waals surface area (Å²) >= 11 is 0. The van der Waals surface area contributed by atoms with E-state index in [1.165, 1.54) is 4.68 Å². The minimum absolute atomic E-state index is 0.0156. The van der Waals surface area contributed by atoms with Crippen molar-refractivity contribution in [3.63, 3.8) is 0 Å². The Bertz CT molecular complexity index is 587. The van der Waals surface area contributed by atoms with Crippen LogP contribution in [0.5, 0.6) is 0 Å². The summed E-state index contributed by atoms with van der Waals surface area (Å²) < 4.78 is 6.60. The topological polar surface area (TPSA) is 64.4 Å². The molecule has 0 aliphatic rings. The van der Waals surface area contributed by atoms with Gasteiger partial charge >= 0.3 is 5.97 Å². The van der Waals surface area contributed by atoms with E-state index in [0.717, 1.165) is 11.1 Å². The number of carboxylic acids is 1. The largest absolute Gasteiger partial charge is 0.477 e. The van der Waals surface area contributed by atoms with Crippen LogP contribution in [0.2, 0.25) is 0 Å². The van der Waals surface area contributed by atoms with Crippen LogP contribution in [0, 0.1) is 0 Å². The summed E-state index contributed by atoms with van der Waals surface area (Å²) in [7, 11) is 3.27. The second-order valence-corrected chi connectivity index (χ2v) is 4.34. The second kappa shape index (κ2) is 5.24. The minimum Gasteiger partial charge on any atom is -0.477 e. The van der Waals surface area contributed by atoms with Crippen molar-refractivity contribution < 1.29 is 14.6 Å². The van der Waals surface area contributed by atoms with E-state index in [1.807, 2.05) is 31.2 Å². The summed E-state index contributed by atoms with van der Waals surface area (Å²) in [6.07, 6.45) is 1.58. The van der Waals surface area contributed by atoms with Gasteiger partial charge in [0.05, 0.1) is 12.3 Å². The van der Waals surface area contributed by atoms with Crippen molar-refractivity contribution in [2.45, 2.75) is 13.0 Å². The second-order valence-electron chi connectivity index (χ2n) is 4.34. The van der Waals surface area contributed by atoms with Crippen LogP contribution in [-0.2, 0) is 11.8 Å². The lowest BCUT2D eigenvalue weighted by molar-refractivity contribution is 0.0686. The average Bonchev–Trinajstić information content (AvgIpc) is 2.80. The summed E-state index contributed by atoms with van der Waals surface area (Å²) in [6, 6.07) is 7.63. The first kappa shape index (κ1) is 13.3. The zero-order chi connectivity index (χ0) is 14.0. The van der Waals surface area contributed by atoms with Gasteiger partial charge in [0.1, 0.15) is 0 Å². The SMILES string of the molecule is COC(C)c1ccc(-c2cnn(C)c2C(=O)O)cc1. The lowest BCUT2D eigenvalue weighted by atomic mass is 10.0. The highest BCUT2D eigenvalue weighted by molar-refractivity contribution is 5.94. The zero-order valence-corrected chi connectivity index (χ0v) is 11.1. The van der Waals surface area contributed by atoms with E-state index in [2.05, 4.69) is 5.10 Å². The van der Waals surface area contributed by atoms with Gasteiger partial charge in [0, 0.05) is 19.7 Å². The fourth-order valence-electron chi connectivity index (χ4n) is 1.97. The van der Waals surface area contributed by atoms with Crippen molar-refractivity contribution in [2.24, 2.45) is 7.05 Å². The minimum atomic E-state index is -0.982. The van der Waals surface area contributed by atoms with Gasteiger partial charge in [0.15, 0.2) is 5.69 Å². The number of hydrogen-bond acceptors (Lipinski definition) is 3. The van der Waals surface area contributed by atoms with Crippen molar-refractivity contribution in [1.29, 1.82) is 0 Å². The highest BCUT2D eigenvalue weighted by Gasteiger charge is 2.17. The van der Waals surface area contributed by atoms with E-state index in [4.69, 9.17) is 4.74 Å². The molecule has 19 heavy (non-hydrogen) atoms. The first-order valence-electron chi connectivity index (χ1n) is 5.93. The van der Waals surface area contributed by atoms with Crippen LogP contribution < -0.4 is 0 Å². The molecule has 5 heteroatoms. The Labute approximate surface area is 111 Å². The van der Waals surface area contributed by atoms with E-state index in [9.17, 15) is 9.90 Å². The molecule has 1 unspecified atom stereocenters. The molecule has 1 aromatic carbocycles. The molecule has 1 aromatic heterocycles. The van der Waals surface area contributed by atoms with Gasteiger partial charge in [-0.2, -0.15) is 5.10 Å². The summed E-state index contributed by atoms with van der Waals surface area (Å²) in [5.41, 5.74) is 2.68. The van der Waals surface area contributed by atoms with Crippen molar-refractivity contribution in [3.8, 4) is 11.1 Å². The molecule has 1 atom stereocenters. The van der Waals surface area contributed by atoms with Gasteiger partial charge in [-0.25, -0.2) is 4.79 Å². The number of aromatic carboxylic acids is 1. The van der Waals surface area contributed by atoms with Gasteiger partial charge in [-0.3, -0.25) is 4.68 Å². The molecule has 0 saturated carbocycles. The van der Waals surface area contributed by atoms with Crippen LogP contribution in [0.4, 0.5) is 0 Å². The molecule has 0 aliphatic heterocycles. The number of nitrogens with zero attached hydrogens (tertiary/aromatic N) is 2. The molecule has 0 saturated heterocycles. The number of hydrogen-bond donors (Lipinski definition) is 1. The first-order chi connectivity index (χ1) is 9.04. The fourth-order valence-corrected chi connectivity index (χ4v) is 1.97. The number of rotatable bonds is 4. The molecule has 0 aliphatic carbocycles. The highest BCUT2D eigenvalue weighted by atomic mass is 16.5. The van der Waals surface area contributed by atoms with Crippen LogP contribution in [0.25, 0.3) is 11.1 Å². The predicted octanol–water partition coefficient (Wildman–Crippen LogP) is 2.49. The Balaban J connectivity index is 2.40. The normalized spacial score (nSPS) is 12.4. The summed E-state index contributed by atoms with van der Waals surface area (Å²) in [5.74, 6) is -0.982. The quantitative estimate of drug-likeness (QED) is 0.917. The standard InChI is InChI=1S/C14H16N2O3/c1-9(19-3)10-4-6-11(7-5-10)12-8-15-16(2)13(12)14(17)18/h4-9H,1-3H3,(H,17,18).